The molecule has 0 bridgehead atoms. The Bertz CT molecular complexity index is 400. The number of anilines is 1. The molecule has 72 valence electrons. The topological polar surface area (TPSA) is 52.9 Å². The number of hydrogen-bond acceptors (Lipinski definition) is 3. The summed E-state index contributed by atoms with van der Waals surface area (Å²) in [5, 5.41) is 10.8. The number of nitrogens with one attached hydrogen (secondary N) is 1. The van der Waals surface area contributed by atoms with Gasteiger partial charge < -0.3 is 5.32 Å². The zero-order valence-corrected chi connectivity index (χ0v) is 8.01. The van der Waals surface area contributed by atoms with Gasteiger partial charge in [0.1, 0.15) is 5.82 Å². The van der Waals surface area contributed by atoms with Crippen molar-refractivity contribution in [3.8, 4) is 6.07 Å². The molecule has 0 atom stereocenters. The number of halogens is 1. The van der Waals surface area contributed by atoms with Gasteiger partial charge in [-0.05, 0) is 18.2 Å². The van der Waals surface area contributed by atoms with Gasteiger partial charge in [0.05, 0.1) is 23.1 Å². The van der Waals surface area contributed by atoms with Crippen LogP contribution in [0.3, 0.4) is 0 Å². The second-order valence-corrected chi connectivity index (χ2v) is 2.83. The van der Waals surface area contributed by atoms with Gasteiger partial charge in [-0.25, -0.2) is 4.39 Å². The van der Waals surface area contributed by atoms with Crippen LogP contribution in [0.15, 0.2) is 18.2 Å². The minimum Gasteiger partial charge on any atom is -0.323 e. The van der Waals surface area contributed by atoms with E-state index in [1.807, 2.05) is 0 Å². The minimum absolute atomic E-state index is 0.0144. The number of nitriles is 1. The van der Waals surface area contributed by atoms with Crippen LogP contribution in [0.25, 0.3) is 0 Å². The number of amides is 1. The number of carbonyl (C=O) groups excluding carboxylic acids is 1. The van der Waals surface area contributed by atoms with Gasteiger partial charge >= 0.3 is 0 Å². The summed E-state index contributed by atoms with van der Waals surface area (Å²) in [5.41, 5.74) is 0.273. The van der Waals surface area contributed by atoms with Crippen molar-refractivity contribution in [2.75, 3.05) is 11.1 Å². The molecule has 0 radical (unpaired) electrons. The highest BCUT2D eigenvalue weighted by Gasteiger charge is 2.05. The molecule has 5 heteroatoms. The average molecular weight is 210 g/mol. The van der Waals surface area contributed by atoms with E-state index >= 15 is 0 Å². The van der Waals surface area contributed by atoms with Crippen LogP contribution in [-0.4, -0.2) is 11.7 Å². The van der Waals surface area contributed by atoms with Crippen LogP contribution in [0.2, 0.25) is 0 Å². The zero-order chi connectivity index (χ0) is 10.6. The molecule has 0 saturated heterocycles. The Kier molecular flexibility index (Phi) is 3.48. The first-order chi connectivity index (χ1) is 6.67. The standard InChI is InChI=1S/C9H7FN2OS/c10-7-3-6(4-11)1-2-8(7)12-9(13)5-14/h1-3,14H,5H2,(H,12,13). The SMILES string of the molecule is N#Cc1ccc(NC(=O)CS)c(F)c1. The maximum atomic E-state index is 13.1. The first kappa shape index (κ1) is 10.5. The Labute approximate surface area is 86.0 Å². The van der Waals surface area contributed by atoms with Gasteiger partial charge in [-0.1, -0.05) is 0 Å². The maximum absolute atomic E-state index is 13.1. The maximum Gasteiger partial charge on any atom is 0.234 e. The van der Waals surface area contributed by atoms with Crippen LogP contribution in [0.4, 0.5) is 10.1 Å². The summed E-state index contributed by atoms with van der Waals surface area (Å²) in [7, 11) is 0. The van der Waals surface area contributed by atoms with Gasteiger partial charge in [0.15, 0.2) is 0 Å². The van der Waals surface area contributed by atoms with Crippen molar-refractivity contribution in [3.63, 3.8) is 0 Å². The fraction of sp³-hybridized carbons (Fsp3) is 0.111. The molecule has 1 amide bonds. The Morgan fingerprint density at radius 3 is 2.86 bits per heavy atom. The molecular weight excluding hydrogens is 203 g/mol. The summed E-state index contributed by atoms with van der Waals surface area (Å²) in [6.45, 7) is 0. The van der Waals surface area contributed by atoms with Crippen molar-refractivity contribution in [1.29, 1.82) is 5.26 Å². The van der Waals surface area contributed by atoms with E-state index in [-0.39, 0.29) is 17.0 Å². The van der Waals surface area contributed by atoms with Crippen molar-refractivity contribution < 1.29 is 9.18 Å². The van der Waals surface area contributed by atoms with Gasteiger partial charge in [0, 0.05) is 0 Å². The zero-order valence-electron chi connectivity index (χ0n) is 7.12. The molecule has 0 aliphatic carbocycles. The second-order valence-electron chi connectivity index (χ2n) is 2.51. The van der Waals surface area contributed by atoms with Crippen molar-refractivity contribution in [3.05, 3.63) is 29.6 Å². The quantitative estimate of drug-likeness (QED) is 0.728. The second kappa shape index (κ2) is 4.63. The lowest BCUT2D eigenvalue weighted by atomic mass is 10.2. The Morgan fingerprint density at radius 1 is 1.64 bits per heavy atom. The summed E-state index contributed by atoms with van der Waals surface area (Å²) in [6.07, 6.45) is 0. The van der Waals surface area contributed by atoms with E-state index in [1.54, 1.807) is 6.07 Å². The van der Waals surface area contributed by atoms with E-state index in [1.165, 1.54) is 12.1 Å². The fourth-order valence-electron chi connectivity index (χ4n) is 0.876. The molecule has 1 aromatic rings. The molecule has 0 aliphatic rings. The number of rotatable bonds is 2. The molecule has 0 aromatic heterocycles. The molecule has 0 fully saturated rings. The van der Waals surface area contributed by atoms with E-state index in [0.717, 1.165) is 6.07 Å². The number of carbonyl (C=O) groups is 1. The van der Waals surface area contributed by atoms with Gasteiger partial charge in [-0.2, -0.15) is 17.9 Å². The van der Waals surface area contributed by atoms with Gasteiger partial charge in [-0.15, -0.1) is 0 Å². The molecule has 0 aliphatic heterocycles. The predicted molar refractivity (Wildman–Crippen MR) is 53.6 cm³/mol. The third-order valence-corrected chi connectivity index (χ3v) is 1.80. The molecular formula is C9H7FN2OS. The van der Waals surface area contributed by atoms with Gasteiger partial charge in [0.25, 0.3) is 0 Å². The van der Waals surface area contributed by atoms with E-state index in [2.05, 4.69) is 17.9 Å². The van der Waals surface area contributed by atoms with E-state index in [9.17, 15) is 9.18 Å². The lowest BCUT2D eigenvalue weighted by Crippen LogP contribution is -2.13. The summed E-state index contributed by atoms with van der Waals surface area (Å²) >= 11 is 3.73. The number of thiol groups is 1. The first-order valence-electron chi connectivity index (χ1n) is 3.77. The third kappa shape index (κ3) is 2.47. The van der Waals surface area contributed by atoms with Crippen molar-refractivity contribution in [2.24, 2.45) is 0 Å². The van der Waals surface area contributed by atoms with E-state index in [4.69, 9.17) is 5.26 Å². The summed E-state index contributed by atoms with van der Waals surface area (Å²) in [4.78, 5) is 10.9. The minimum atomic E-state index is -0.626. The van der Waals surface area contributed by atoms with E-state index in [0.29, 0.717) is 0 Å². The van der Waals surface area contributed by atoms with E-state index < -0.39 is 11.7 Å². The Hall–Kier alpha value is -1.54. The van der Waals surface area contributed by atoms with Crippen molar-refractivity contribution in [1.82, 2.24) is 0 Å². The molecule has 0 unspecified atom stereocenters. The predicted octanol–water partition coefficient (Wildman–Crippen LogP) is 1.57. The molecule has 0 spiro atoms. The highest BCUT2D eigenvalue weighted by Crippen LogP contribution is 2.15. The molecule has 3 nitrogen and oxygen atoms in total. The Balaban J connectivity index is 2.90. The molecule has 1 aromatic carbocycles. The Morgan fingerprint density at radius 2 is 2.36 bits per heavy atom. The summed E-state index contributed by atoms with van der Waals surface area (Å²) in [6, 6.07) is 5.63. The van der Waals surface area contributed by atoms with Crippen molar-refractivity contribution >= 4 is 24.2 Å². The van der Waals surface area contributed by atoms with Crippen LogP contribution in [0.5, 0.6) is 0 Å². The van der Waals surface area contributed by atoms with Crippen LogP contribution in [0, 0.1) is 17.1 Å². The number of benzene rings is 1. The van der Waals surface area contributed by atoms with Gasteiger partial charge in [0.2, 0.25) is 5.91 Å². The number of hydrogen-bond donors (Lipinski definition) is 2. The summed E-state index contributed by atoms with van der Waals surface area (Å²) in [5.74, 6) is -1.03. The third-order valence-electron chi connectivity index (χ3n) is 1.52. The lowest BCUT2D eigenvalue weighted by molar-refractivity contribution is -0.113. The lowest BCUT2D eigenvalue weighted by Gasteiger charge is -2.04. The highest BCUT2D eigenvalue weighted by atomic mass is 32.1. The van der Waals surface area contributed by atoms with Crippen LogP contribution >= 0.6 is 12.6 Å². The van der Waals surface area contributed by atoms with Crippen LogP contribution in [-0.2, 0) is 4.79 Å². The van der Waals surface area contributed by atoms with Crippen molar-refractivity contribution in [2.45, 2.75) is 0 Å². The molecule has 1 rings (SSSR count). The fourth-order valence-corrected chi connectivity index (χ4v) is 0.955. The molecule has 0 saturated carbocycles. The smallest absolute Gasteiger partial charge is 0.234 e. The molecule has 1 N–H and O–H groups in total. The average Bonchev–Trinajstić information content (AvgIpc) is 2.20. The highest BCUT2D eigenvalue weighted by molar-refractivity contribution is 7.81. The van der Waals surface area contributed by atoms with Crippen LogP contribution < -0.4 is 5.32 Å². The number of nitrogens with zero attached hydrogens (tertiary/aromatic N) is 1. The monoisotopic (exact) mass is 210 g/mol. The molecule has 0 heterocycles. The van der Waals surface area contributed by atoms with Gasteiger partial charge in [-0.3, -0.25) is 4.79 Å². The normalized spacial score (nSPS) is 9.21. The first-order valence-corrected chi connectivity index (χ1v) is 4.41. The van der Waals surface area contributed by atoms with Crippen LogP contribution in [0.1, 0.15) is 5.56 Å². The molecule has 14 heavy (non-hydrogen) atoms. The summed E-state index contributed by atoms with van der Waals surface area (Å²) < 4.78 is 13.1. The largest absolute Gasteiger partial charge is 0.323 e.